The number of hydrogen-bond acceptors (Lipinski definition) is 3. The standard InChI is InChI=1S/C17H25NO3/c1-6-14-8-7-11(2)18(14)17(19)13-9-15(20-4)12(3)16(10-13)21-5/h9-11,14H,6-8H2,1-5H3. The average molecular weight is 291 g/mol. The monoisotopic (exact) mass is 291 g/mol. The van der Waals surface area contributed by atoms with Crippen LogP contribution in [0.3, 0.4) is 0 Å². The Labute approximate surface area is 127 Å². The Morgan fingerprint density at radius 3 is 2.29 bits per heavy atom. The molecule has 1 aliphatic rings. The molecular formula is C17H25NO3. The SMILES string of the molecule is CCC1CCC(C)N1C(=O)c1cc(OC)c(C)c(OC)c1. The normalized spacial score (nSPS) is 21.5. The minimum absolute atomic E-state index is 0.0726. The van der Waals surface area contributed by atoms with Gasteiger partial charge in [0.2, 0.25) is 0 Å². The third kappa shape index (κ3) is 2.85. The fourth-order valence-corrected chi connectivity index (χ4v) is 3.20. The van der Waals surface area contributed by atoms with Gasteiger partial charge in [-0.05, 0) is 45.2 Å². The summed E-state index contributed by atoms with van der Waals surface area (Å²) in [6.07, 6.45) is 3.16. The summed E-state index contributed by atoms with van der Waals surface area (Å²) < 4.78 is 10.7. The molecule has 0 spiro atoms. The summed E-state index contributed by atoms with van der Waals surface area (Å²) in [4.78, 5) is 14.9. The predicted molar refractivity (Wildman–Crippen MR) is 83.2 cm³/mol. The molecule has 116 valence electrons. The molecule has 0 radical (unpaired) electrons. The molecule has 1 aliphatic heterocycles. The van der Waals surface area contributed by atoms with Gasteiger partial charge in [-0.3, -0.25) is 4.79 Å². The van der Waals surface area contributed by atoms with Gasteiger partial charge in [-0.2, -0.15) is 0 Å². The van der Waals surface area contributed by atoms with Crippen LogP contribution in [-0.2, 0) is 0 Å². The predicted octanol–water partition coefficient (Wildman–Crippen LogP) is 3.42. The molecule has 1 fully saturated rings. The number of carbonyl (C=O) groups excluding carboxylic acids is 1. The van der Waals surface area contributed by atoms with Crippen LogP contribution in [0.2, 0.25) is 0 Å². The van der Waals surface area contributed by atoms with Crippen molar-refractivity contribution in [2.24, 2.45) is 0 Å². The second kappa shape index (κ2) is 6.37. The van der Waals surface area contributed by atoms with Crippen LogP contribution in [-0.4, -0.2) is 37.1 Å². The van der Waals surface area contributed by atoms with Crippen molar-refractivity contribution in [1.82, 2.24) is 4.90 Å². The lowest BCUT2D eigenvalue weighted by Crippen LogP contribution is -2.39. The molecule has 0 saturated carbocycles. The molecule has 1 aromatic carbocycles. The number of amides is 1. The smallest absolute Gasteiger partial charge is 0.254 e. The first-order valence-corrected chi connectivity index (χ1v) is 7.58. The fourth-order valence-electron chi connectivity index (χ4n) is 3.20. The van der Waals surface area contributed by atoms with Gasteiger partial charge in [-0.15, -0.1) is 0 Å². The van der Waals surface area contributed by atoms with Gasteiger partial charge in [0.25, 0.3) is 5.91 Å². The van der Waals surface area contributed by atoms with Gasteiger partial charge < -0.3 is 14.4 Å². The zero-order valence-corrected chi connectivity index (χ0v) is 13.6. The van der Waals surface area contributed by atoms with Gasteiger partial charge in [0.15, 0.2) is 0 Å². The number of likely N-dealkylation sites (tertiary alicyclic amines) is 1. The number of ether oxygens (including phenoxy) is 2. The number of rotatable bonds is 4. The molecular weight excluding hydrogens is 266 g/mol. The number of hydrogen-bond donors (Lipinski definition) is 0. The zero-order chi connectivity index (χ0) is 15.6. The van der Waals surface area contributed by atoms with Gasteiger partial charge in [0.05, 0.1) is 14.2 Å². The molecule has 2 unspecified atom stereocenters. The van der Waals surface area contributed by atoms with E-state index >= 15 is 0 Å². The zero-order valence-electron chi connectivity index (χ0n) is 13.6. The van der Waals surface area contributed by atoms with Crippen molar-refractivity contribution in [2.75, 3.05) is 14.2 Å². The Morgan fingerprint density at radius 1 is 1.24 bits per heavy atom. The van der Waals surface area contributed by atoms with Gasteiger partial charge in [0.1, 0.15) is 11.5 Å². The molecule has 1 saturated heterocycles. The second-order valence-corrected chi connectivity index (χ2v) is 5.71. The highest BCUT2D eigenvalue weighted by molar-refractivity contribution is 5.96. The first-order valence-electron chi connectivity index (χ1n) is 7.58. The summed E-state index contributed by atoms with van der Waals surface area (Å²) in [6.45, 7) is 6.19. The molecule has 4 nitrogen and oxygen atoms in total. The van der Waals surface area contributed by atoms with Crippen molar-refractivity contribution in [3.8, 4) is 11.5 Å². The Balaban J connectivity index is 2.39. The minimum atomic E-state index is 0.0726. The van der Waals surface area contributed by atoms with Crippen molar-refractivity contribution in [3.63, 3.8) is 0 Å². The third-order valence-electron chi connectivity index (χ3n) is 4.49. The quantitative estimate of drug-likeness (QED) is 0.853. The summed E-state index contributed by atoms with van der Waals surface area (Å²) in [6, 6.07) is 4.27. The molecule has 0 N–H and O–H groups in total. The summed E-state index contributed by atoms with van der Waals surface area (Å²) in [5.41, 5.74) is 1.56. The molecule has 2 rings (SSSR count). The second-order valence-electron chi connectivity index (χ2n) is 5.71. The van der Waals surface area contributed by atoms with E-state index in [2.05, 4.69) is 13.8 Å². The van der Waals surface area contributed by atoms with Crippen LogP contribution in [0.15, 0.2) is 12.1 Å². The highest BCUT2D eigenvalue weighted by Crippen LogP contribution is 2.33. The van der Waals surface area contributed by atoms with Crippen LogP contribution in [0, 0.1) is 6.92 Å². The summed E-state index contributed by atoms with van der Waals surface area (Å²) in [7, 11) is 3.23. The van der Waals surface area contributed by atoms with E-state index in [1.807, 2.05) is 24.0 Å². The van der Waals surface area contributed by atoms with Gasteiger partial charge in [0, 0.05) is 23.2 Å². The topological polar surface area (TPSA) is 38.8 Å². The van der Waals surface area contributed by atoms with Crippen molar-refractivity contribution in [3.05, 3.63) is 23.3 Å². The van der Waals surface area contributed by atoms with E-state index in [1.165, 1.54) is 0 Å². The van der Waals surface area contributed by atoms with E-state index in [0.717, 1.165) is 24.8 Å². The first-order chi connectivity index (χ1) is 10.0. The maximum absolute atomic E-state index is 12.9. The van der Waals surface area contributed by atoms with Gasteiger partial charge >= 0.3 is 0 Å². The van der Waals surface area contributed by atoms with E-state index < -0.39 is 0 Å². The lowest BCUT2D eigenvalue weighted by molar-refractivity contribution is 0.0675. The lowest BCUT2D eigenvalue weighted by Gasteiger charge is -2.28. The average Bonchev–Trinajstić information content (AvgIpc) is 2.87. The van der Waals surface area contributed by atoms with Crippen molar-refractivity contribution >= 4 is 5.91 Å². The third-order valence-corrected chi connectivity index (χ3v) is 4.49. The van der Waals surface area contributed by atoms with Gasteiger partial charge in [-0.25, -0.2) is 0 Å². The van der Waals surface area contributed by atoms with Crippen LogP contribution in [0.4, 0.5) is 0 Å². The molecule has 0 aliphatic carbocycles. The van der Waals surface area contributed by atoms with E-state index in [4.69, 9.17) is 9.47 Å². The molecule has 1 amide bonds. The molecule has 21 heavy (non-hydrogen) atoms. The largest absolute Gasteiger partial charge is 0.496 e. The van der Waals surface area contributed by atoms with Crippen LogP contribution in [0.1, 0.15) is 49.0 Å². The Kier molecular flexibility index (Phi) is 4.76. The Hall–Kier alpha value is -1.71. The fraction of sp³-hybridized carbons (Fsp3) is 0.588. The van der Waals surface area contributed by atoms with E-state index in [1.54, 1.807) is 14.2 Å². The molecule has 2 atom stereocenters. The first kappa shape index (κ1) is 15.7. The maximum Gasteiger partial charge on any atom is 0.254 e. The molecule has 1 heterocycles. The highest BCUT2D eigenvalue weighted by Gasteiger charge is 2.34. The van der Waals surface area contributed by atoms with E-state index in [-0.39, 0.29) is 5.91 Å². The van der Waals surface area contributed by atoms with Crippen LogP contribution < -0.4 is 9.47 Å². The molecule has 4 heteroatoms. The van der Waals surface area contributed by atoms with Crippen LogP contribution in [0.25, 0.3) is 0 Å². The molecule has 1 aromatic rings. The van der Waals surface area contributed by atoms with Crippen molar-refractivity contribution in [1.29, 1.82) is 0 Å². The van der Waals surface area contributed by atoms with Crippen LogP contribution in [0.5, 0.6) is 11.5 Å². The Bertz CT molecular complexity index is 502. The molecule has 0 bridgehead atoms. The summed E-state index contributed by atoms with van der Waals surface area (Å²) in [5, 5.41) is 0. The number of benzene rings is 1. The Morgan fingerprint density at radius 2 is 1.81 bits per heavy atom. The van der Waals surface area contributed by atoms with E-state index in [0.29, 0.717) is 29.1 Å². The maximum atomic E-state index is 12.9. The highest BCUT2D eigenvalue weighted by atomic mass is 16.5. The van der Waals surface area contributed by atoms with E-state index in [9.17, 15) is 4.79 Å². The van der Waals surface area contributed by atoms with Crippen molar-refractivity contribution in [2.45, 2.75) is 52.1 Å². The number of carbonyl (C=O) groups is 1. The van der Waals surface area contributed by atoms with Gasteiger partial charge in [-0.1, -0.05) is 6.92 Å². The number of methoxy groups -OCH3 is 2. The lowest BCUT2D eigenvalue weighted by atomic mass is 10.1. The molecule has 0 aromatic heterocycles. The minimum Gasteiger partial charge on any atom is -0.496 e. The van der Waals surface area contributed by atoms with Crippen molar-refractivity contribution < 1.29 is 14.3 Å². The summed E-state index contributed by atoms with van der Waals surface area (Å²) in [5.74, 6) is 1.46. The van der Waals surface area contributed by atoms with Crippen LogP contribution >= 0.6 is 0 Å². The number of nitrogens with zero attached hydrogens (tertiary/aromatic N) is 1. The summed E-state index contributed by atoms with van der Waals surface area (Å²) >= 11 is 0.